The second-order valence-corrected chi connectivity index (χ2v) is 6.23. The van der Waals surface area contributed by atoms with Gasteiger partial charge in [0.2, 0.25) is 0 Å². The second kappa shape index (κ2) is 4.08. The summed E-state index contributed by atoms with van der Waals surface area (Å²) in [5, 5.41) is 10.5. The predicted molar refractivity (Wildman–Crippen MR) is 61.5 cm³/mol. The molecule has 2 bridgehead atoms. The second-order valence-electron chi connectivity index (χ2n) is 6.23. The van der Waals surface area contributed by atoms with Gasteiger partial charge in [-0.25, -0.2) is 0 Å². The number of rotatable bonds is 2. The average Bonchev–Trinajstić information content (AvgIpc) is 2.91. The molecular weight excluding hydrogens is 184 g/mol. The van der Waals surface area contributed by atoms with Gasteiger partial charge in [0.15, 0.2) is 0 Å². The fourth-order valence-electron chi connectivity index (χ4n) is 4.54. The van der Waals surface area contributed by atoms with Crippen molar-refractivity contribution in [1.29, 1.82) is 0 Å². The molecule has 3 unspecified atom stereocenters. The lowest BCUT2D eigenvalue weighted by Crippen LogP contribution is -2.33. The van der Waals surface area contributed by atoms with Gasteiger partial charge in [-0.05, 0) is 55.8 Å². The van der Waals surface area contributed by atoms with Crippen LogP contribution in [0.2, 0.25) is 0 Å². The van der Waals surface area contributed by atoms with Gasteiger partial charge in [0.05, 0.1) is 6.10 Å². The van der Waals surface area contributed by atoms with E-state index in [1.807, 2.05) is 0 Å². The van der Waals surface area contributed by atoms with Crippen LogP contribution in [0, 0.1) is 23.7 Å². The normalized spacial score (nSPS) is 43.4. The zero-order valence-electron chi connectivity index (χ0n) is 9.70. The van der Waals surface area contributed by atoms with Gasteiger partial charge in [0, 0.05) is 0 Å². The minimum Gasteiger partial charge on any atom is -0.393 e. The van der Waals surface area contributed by atoms with E-state index in [1.54, 1.807) is 0 Å². The Labute approximate surface area is 93.3 Å². The maximum atomic E-state index is 10.5. The Morgan fingerprint density at radius 2 is 1.67 bits per heavy atom. The first-order chi connectivity index (χ1) is 7.34. The van der Waals surface area contributed by atoms with Gasteiger partial charge in [-0.15, -0.1) is 0 Å². The van der Waals surface area contributed by atoms with Crippen LogP contribution in [0.3, 0.4) is 0 Å². The molecule has 15 heavy (non-hydrogen) atoms. The van der Waals surface area contributed by atoms with E-state index in [-0.39, 0.29) is 6.10 Å². The van der Waals surface area contributed by atoms with Crippen LogP contribution in [0.25, 0.3) is 0 Å². The summed E-state index contributed by atoms with van der Waals surface area (Å²) in [6.07, 6.45) is 12.4. The van der Waals surface area contributed by atoms with Crippen LogP contribution in [0.4, 0.5) is 0 Å². The van der Waals surface area contributed by atoms with E-state index in [0.717, 1.165) is 11.8 Å². The molecule has 0 spiro atoms. The zero-order valence-corrected chi connectivity index (χ0v) is 9.70. The third-order valence-electron chi connectivity index (χ3n) is 5.36. The maximum Gasteiger partial charge on any atom is 0.0599 e. The summed E-state index contributed by atoms with van der Waals surface area (Å²) in [6.45, 7) is 0. The fraction of sp³-hybridized carbons (Fsp3) is 1.00. The Morgan fingerprint density at radius 3 is 2.27 bits per heavy atom. The molecule has 86 valence electrons. The number of fused-ring (bicyclic) bond motifs is 2. The van der Waals surface area contributed by atoms with Crippen LogP contribution in [0.15, 0.2) is 0 Å². The molecule has 0 radical (unpaired) electrons. The lowest BCUT2D eigenvalue weighted by Gasteiger charge is -2.34. The summed E-state index contributed by atoms with van der Waals surface area (Å²) < 4.78 is 0. The molecule has 0 aromatic carbocycles. The van der Waals surface area contributed by atoms with Gasteiger partial charge in [-0.2, -0.15) is 0 Å². The van der Waals surface area contributed by atoms with Crippen molar-refractivity contribution >= 4 is 0 Å². The zero-order chi connectivity index (χ0) is 10.3. The molecular formula is C14H24O. The lowest BCUT2D eigenvalue weighted by atomic mass is 9.75. The van der Waals surface area contributed by atoms with Crippen LogP contribution in [0.1, 0.15) is 57.8 Å². The van der Waals surface area contributed by atoms with Crippen molar-refractivity contribution in [2.45, 2.75) is 63.9 Å². The highest BCUT2D eigenvalue weighted by Gasteiger charge is 2.44. The van der Waals surface area contributed by atoms with Crippen molar-refractivity contribution in [3.05, 3.63) is 0 Å². The third-order valence-corrected chi connectivity index (χ3v) is 5.36. The summed E-state index contributed by atoms with van der Waals surface area (Å²) in [5.74, 6) is 3.22. The Morgan fingerprint density at radius 1 is 0.867 bits per heavy atom. The van der Waals surface area contributed by atoms with Crippen molar-refractivity contribution in [3.8, 4) is 0 Å². The number of hydrogen-bond acceptors (Lipinski definition) is 1. The van der Waals surface area contributed by atoms with Crippen LogP contribution >= 0.6 is 0 Å². The molecule has 1 nitrogen and oxygen atoms in total. The van der Waals surface area contributed by atoms with E-state index in [0.29, 0.717) is 11.8 Å². The molecule has 0 aromatic heterocycles. The van der Waals surface area contributed by atoms with Crippen molar-refractivity contribution in [3.63, 3.8) is 0 Å². The van der Waals surface area contributed by atoms with E-state index in [2.05, 4.69) is 0 Å². The monoisotopic (exact) mass is 208 g/mol. The SMILES string of the molecule is O[C@H](C1CCCCC1)C1CC2CCC1C2. The number of aliphatic hydroxyl groups is 1. The Kier molecular flexibility index (Phi) is 2.76. The summed E-state index contributed by atoms with van der Waals surface area (Å²) in [5.41, 5.74) is 0. The number of hydrogen-bond donors (Lipinski definition) is 1. The first-order valence-electron chi connectivity index (χ1n) is 7.02. The summed E-state index contributed by atoms with van der Waals surface area (Å²) in [7, 11) is 0. The molecule has 3 aliphatic rings. The van der Waals surface area contributed by atoms with Crippen molar-refractivity contribution in [2.24, 2.45) is 23.7 Å². The summed E-state index contributed by atoms with van der Waals surface area (Å²) >= 11 is 0. The van der Waals surface area contributed by atoms with Gasteiger partial charge >= 0.3 is 0 Å². The smallest absolute Gasteiger partial charge is 0.0599 e. The standard InChI is InChI=1S/C14H24O/c15-14(11-4-2-1-3-5-11)13-9-10-6-7-12(13)8-10/h10-15H,1-9H2/t10?,12?,13?,14-/m1/s1. The predicted octanol–water partition coefficient (Wildman–Crippen LogP) is 3.36. The molecule has 0 aromatic rings. The van der Waals surface area contributed by atoms with Crippen molar-refractivity contribution in [2.75, 3.05) is 0 Å². The minimum atomic E-state index is 0.0561. The molecule has 3 saturated carbocycles. The fourth-order valence-corrected chi connectivity index (χ4v) is 4.54. The minimum absolute atomic E-state index is 0.0561. The highest BCUT2D eigenvalue weighted by Crippen LogP contribution is 2.51. The topological polar surface area (TPSA) is 20.2 Å². The molecule has 3 fully saturated rings. The van der Waals surface area contributed by atoms with E-state index >= 15 is 0 Å². The molecule has 4 atom stereocenters. The van der Waals surface area contributed by atoms with Gasteiger partial charge in [-0.1, -0.05) is 25.7 Å². The number of aliphatic hydroxyl groups excluding tert-OH is 1. The highest BCUT2D eigenvalue weighted by molar-refractivity contribution is 4.94. The van der Waals surface area contributed by atoms with Gasteiger partial charge < -0.3 is 5.11 Å². The molecule has 3 aliphatic carbocycles. The van der Waals surface area contributed by atoms with Gasteiger partial charge in [0.1, 0.15) is 0 Å². The highest BCUT2D eigenvalue weighted by atomic mass is 16.3. The van der Waals surface area contributed by atoms with Crippen LogP contribution in [-0.2, 0) is 0 Å². The van der Waals surface area contributed by atoms with E-state index in [1.165, 1.54) is 57.8 Å². The Hall–Kier alpha value is -0.0400. The Bertz CT molecular complexity index is 219. The molecule has 3 rings (SSSR count). The van der Waals surface area contributed by atoms with Gasteiger partial charge in [-0.3, -0.25) is 0 Å². The third kappa shape index (κ3) is 1.84. The largest absolute Gasteiger partial charge is 0.393 e. The van der Waals surface area contributed by atoms with Crippen LogP contribution < -0.4 is 0 Å². The summed E-state index contributed by atoms with van der Waals surface area (Å²) in [6, 6.07) is 0. The van der Waals surface area contributed by atoms with Gasteiger partial charge in [0.25, 0.3) is 0 Å². The quantitative estimate of drug-likeness (QED) is 0.737. The first kappa shape index (κ1) is 10.1. The molecule has 0 heterocycles. The van der Waals surface area contributed by atoms with Crippen LogP contribution in [0.5, 0.6) is 0 Å². The molecule has 1 N–H and O–H groups in total. The average molecular weight is 208 g/mol. The summed E-state index contributed by atoms with van der Waals surface area (Å²) in [4.78, 5) is 0. The van der Waals surface area contributed by atoms with E-state index in [4.69, 9.17) is 0 Å². The van der Waals surface area contributed by atoms with Crippen molar-refractivity contribution < 1.29 is 5.11 Å². The first-order valence-corrected chi connectivity index (χ1v) is 7.02. The maximum absolute atomic E-state index is 10.5. The van der Waals surface area contributed by atoms with Crippen LogP contribution in [-0.4, -0.2) is 11.2 Å². The molecule has 0 amide bonds. The van der Waals surface area contributed by atoms with Crippen molar-refractivity contribution in [1.82, 2.24) is 0 Å². The Balaban J connectivity index is 1.61. The van der Waals surface area contributed by atoms with E-state index in [9.17, 15) is 5.11 Å². The molecule has 0 aliphatic heterocycles. The van der Waals surface area contributed by atoms with E-state index < -0.39 is 0 Å². The lowest BCUT2D eigenvalue weighted by molar-refractivity contribution is 0.0111. The molecule has 1 heteroatoms. The molecule has 0 saturated heterocycles.